The van der Waals surface area contributed by atoms with Crippen LogP contribution in [0.25, 0.3) is 5.69 Å². The molecule has 1 aromatic heterocycles. The molecule has 42 heavy (non-hydrogen) atoms. The molecule has 3 aromatic carbocycles. The third kappa shape index (κ3) is 5.10. The highest BCUT2D eigenvalue weighted by Crippen LogP contribution is 2.28. The number of hydrogen-bond donors (Lipinski definition) is 1. The molecule has 0 bridgehead atoms. The normalized spacial score (nSPS) is 13.9. The minimum Gasteiger partial charge on any atom is -0.497 e. The highest BCUT2D eigenvalue weighted by molar-refractivity contribution is 6.42. The van der Waals surface area contributed by atoms with Crippen molar-refractivity contribution < 1.29 is 19.1 Å². The first kappa shape index (κ1) is 27.8. The van der Waals surface area contributed by atoms with Crippen LogP contribution in [0.3, 0.4) is 0 Å². The second-order valence-electron chi connectivity index (χ2n) is 10.3. The van der Waals surface area contributed by atoms with Crippen molar-refractivity contribution in [2.24, 2.45) is 0 Å². The maximum atomic E-state index is 13.9. The number of hydrogen-bond acceptors (Lipinski definition) is 5. The maximum Gasteiger partial charge on any atom is 0.333 e. The van der Waals surface area contributed by atoms with Crippen LogP contribution in [0.4, 0.5) is 5.69 Å². The number of fused-ring (bicyclic) bond motifs is 2. The molecule has 9 nitrogen and oxygen atoms in total. The molecule has 3 heterocycles. The van der Waals surface area contributed by atoms with Gasteiger partial charge in [-0.2, -0.15) is 0 Å². The van der Waals surface area contributed by atoms with E-state index in [4.69, 9.17) is 27.9 Å². The van der Waals surface area contributed by atoms with E-state index >= 15 is 0 Å². The van der Waals surface area contributed by atoms with E-state index in [1.807, 2.05) is 18.2 Å². The standard InChI is InChI=1S/C31H26Cl2N4O5/c1-42-22-7-5-21(6-8-22)37-29(27(38)11-3-18-2-10-25-20(14-18)16-28(39)34-25)26-17-35(12-13-36(26)31(37)41)30(40)19-4-9-23(32)24(33)15-19/h2,4-10,14-15H,3,11-13,16-17H2,1H3,(H,34,39). The van der Waals surface area contributed by atoms with Crippen LogP contribution >= 0.6 is 23.2 Å². The summed E-state index contributed by atoms with van der Waals surface area (Å²) in [6, 6.07) is 17.3. The number of rotatable bonds is 7. The number of Topliss-reactive ketones (excluding diaryl/α,β-unsaturated/α-hetero) is 1. The van der Waals surface area contributed by atoms with Crippen molar-refractivity contribution in [2.75, 3.05) is 19.0 Å². The Morgan fingerprint density at radius 2 is 1.74 bits per heavy atom. The summed E-state index contributed by atoms with van der Waals surface area (Å²) in [5, 5.41) is 3.43. The summed E-state index contributed by atoms with van der Waals surface area (Å²) in [5.41, 5.74) is 3.87. The number of aryl methyl sites for hydroxylation is 1. The molecule has 0 atom stereocenters. The molecule has 2 aliphatic rings. The summed E-state index contributed by atoms with van der Waals surface area (Å²) in [6.07, 6.45) is 0.866. The second-order valence-corrected chi connectivity index (χ2v) is 11.1. The van der Waals surface area contributed by atoms with E-state index in [0.717, 1.165) is 16.8 Å². The van der Waals surface area contributed by atoms with Crippen LogP contribution in [-0.4, -0.2) is 45.3 Å². The zero-order valence-corrected chi connectivity index (χ0v) is 24.2. The van der Waals surface area contributed by atoms with E-state index in [-0.39, 0.29) is 60.1 Å². The van der Waals surface area contributed by atoms with E-state index in [2.05, 4.69) is 5.32 Å². The fourth-order valence-electron chi connectivity index (χ4n) is 5.52. The lowest BCUT2D eigenvalue weighted by atomic mass is 10.0. The Kier molecular flexibility index (Phi) is 7.38. The number of aromatic nitrogens is 2. The van der Waals surface area contributed by atoms with Crippen molar-refractivity contribution in [1.82, 2.24) is 14.0 Å². The first-order valence-electron chi connectivity index (χ1n) is 13.4. The number of amides is 2. The minimum atomic E-state index is -0.345. The lowest BCUT2D eigenvalue weighted by Gasteiger charge is -2.28. The predicted molar refractivity (Wildman–Crippen MR) is 159 cm³/mol. The van der Waals surface area contributed by atoms with E-state index in [0.29, 0.717) is 40.6 Å². The molecular formula is C31H26Cl2N4O5. The van der Waals surface area contributed by atoms with Gasteiger partial charge >= 0.3 is 5.69 Å². The molecule has 0 aliphatic carbocycles. The lowest BCUT2D eigenvalue weighted by molar-refractivity contribution is -0.115. The highest BCUT2D eigenvalue weighted by atomic mass is 35.5. The Balaban J connectivity index is 1.35. The summed E-state index contributed by atoms with van der Waals surface area (Å²) in [7, 11) is 1.55. The number of benzene rings is 3. The third-order valence-corrected chi connectivity index (χ3v) is 8.40. The van der Waals surface area contributed by atoms with E-state index in [1.165, 1.54) is 10.6 Å². The Hall–Kier alpha value is -4.34. The minimum absolute atomic E-state index is 0.0536. The number of carbonyl (C=O) groups excluding carboxylic acids is 3. The molecule has 0 fully saturated rings. The monoisotopic (exact) mass is 604 g/mol. The molecule has 0 saturated heterocycles. The quantitative estimate of drug-likeness (QED) is 0.302. The van der Waals surface area contributed by atoms with Gasteiger partial charge in [0.25, 0.3) is 5.91 Å². The number of ketones is 1. The highest BCUT2D eigenvalue weighted by Gasteiger charge is 2.32. The van der Waals surface area contributed by atoms with Crippen LogP contribution in [0.5, 0.6) is 5.75 Å². The largest absolute Gasteiger partial charge is 0.497 e. The molecule has 0 unspecified atom stereocenters. The number of carbonyl (C=O) groups is 3. The van der Waals surface area contributed by atoms with Crippen LogP contribution in [0, 0.1) is 0 Å². The van der Waals surface area contributed by atoms with Gasteiger partial charge < -0.3 is 15.0 Å². The summed E-state index contributed by atoms with van der Waals surface area (Å²) < 4.78 is 8.27. The van der Waals surface area contributed by atoms with Gasteiger partial charge in [0.05, 0.1) is 41.5 Å². The van der Waals surface area contributed by atoms with Gasteiger partial charge in [-0.15, -0.1) is 0 Å². The Morgan fingerprint density at radius 1 is 0.952 bits per heavy atom. The number of nitrogens with zero attached hydrogens (tertiary/aromatic N) is 3. The fraction of sp³-hybridized carbons (Fsp3) is 0.226. The molecule has 0 radical (unpaired) electrons. The molecular weight excluding hydrogens is 579 g/mol. The van der Waals surface area contributed by atoms with Crippen LogP contribution in [0.2, 0.25) is 10.0 Å². The van der Waals surface area contributed by atoms with Crippen molar-refractivity contribution >= 4 is 46.5 Å². The van der Waals surface area contributed by atoms with Crippen molar-refractivity contribution in [3.05, 3.63) is 109 Å². The van der Waals surface area contributed by atoms with Crippen LogP contribution in [-0.2, 0) is 30.7 Å². The second kappa shape index (κ2) is 11.2. The number of halogens is 2. The molecule has 4 aromatic rings. The topological polar surface area (TPSA) is 103 Å². The van der Waals surface area contributed by atoms with Crippen molar-refractivity contribution in [3.8, 4) is 11.4 Å². The number of anilines is 1. The maximum absolute atomic E-state index is 13.9. The van der Waals surface area contributed by atoms with E-state index in [9.17, 15) is 19.2 Å². The summed E-state index contributed by atoms with van der Waals surface area (Å²) >= 11 is 12.2. The van der Waals surface area contributed by atoms with Gasteiger partial charge in [0.2, 0.25) is 5.91 Å². The zero-order valence-electron chi connectivity index (χ0n) is 22.7. The molecule has 0 saturated carbocycles. The SMILES string of the molecule is COc1ccc(-n2c(C(=O)CCc3ccc4c(c3)CC(=O)N4)c3n(c2=O)CCN(C(=O)c2ccc(Cl)c(Cl)c2)C3)cc1. The zero-order chi connectivity index (χ0) is 29.5. The van der Waals surface area contributed by atoms with Crippen LogP contribution in [0.15, 0.2) is 65.5 Å². The molecule has 214 valence electrons. The Labute approximate surface area is 251 Å². The molecule has 11 heteroatoms. The van der Waals surface area contributed by atoms with Gasteiger partial charge in [-0.1, -0.05) is 35.3 Å². The number of nitrogens with one attached hydrogen (secondary N) is 1. The smallest absolute Gasteiger partial charge is 0.333 e. The van der Waals surface area contributed by atoms with Crippen LogP contribution < -0.4 is 15.7 Å². The van der Waals surface area contributed by atoms with Gasteiger partial charge in [0.1, 0.15) is 11.4 Å². The average Bonchev–Trinajstić information content (AvgIpc) is 3.52. The first-order chi connectivity index (χ1) is 20.2. The summed E-state index contributed by atoms with van der Waals surface area (Å²) in [4.78, 5) is 54.4. The molecule has 6 rings (SSSR count). The lowest BCUT2D eigenvalue weighted by Crippen LogP contribution is -2.41. The number of methoxy groups -OCH3 is 1. The molecule has 2 aliphatic heterocycles. The molecule has 2 amide bonds. The third-order valence-electron chi connectivity index (χ3n) is 7.66. The van der Waals surface area contributed by atoms with E-state index < -0.39 is 0 Å². The van der Waals surface area contributed by atoms with Crippen molar-refractivity contribution in [3.63, 3.8) is 0 Å². The van der Waals surface area contributed by atoms with Gasteiger partial charge in [-0.05, 0) is 66.1 Å². The average molecular weight is 605 g/mol. The molecule has 1 N–H and O–H groups in total. The van der Waals surface area contributed by atoms with Gasteiger partial charge in [0.15, 0.2) is 5.78 Å². The predicted octanol–water partition coefficient (Wildman–Crippen LogP) is 4.92. The van der Waals surface area contributed by atoms with Gasteiger partial charge in [0, 0.05) is 30.8 Å². The Bertz CT molecular complexity index is 1810. The molecule has 0 spiro atoms. The first-order valence-corrected chi connectivity index (χ1v) is 14.2. The summed E-state index contributed by atoms with van der Waals surface area (Å²) in [5.74, 6) is 0.0631. The summed E-state index contributed by atoms with van der Waals surface area (Å²) in [6.45, 7) is 0.593. The van der Waals surface area contributed by atoms with Crippen molar-refractivity contribution in [2.45, 2.75) is 32.4 Å². The number of ether oxygens (including phenoxy) is 1. The van der Waals surface area contributed by atoms with E-state index in [1.54, 1.807) is 53.0 Å². The fourth-order valence-corrected chi connectivity index (χ4v) is 5.81. The van der Waals surface area contributed by atoms with Gasteiger partial charge in [-0.25, -0.2) is 4.79 Å². The Morgan fingerprint density at radius 3 is 2.48 bits per heavy atom. The van der Waals surface area contributed by atoms with Crippen molar-refractivity contribution in [1.29, 1.82) is 0 Å². The number of imidazole rings is 1. The van der Waals surface area contributed by atoms with Crippen LogP contribution in [0.1, 0.15) is 44.1 Å². The van der Waals surface area contributed by atoms with Gasteiger partial charge in [-0.3, -0.25) is 23.5 Å².